The summed E-state index contributed by atoms with van der Waals surface area (Å²) in [6.07, 6.45) is 9.62. The second kappa shape index (κ2) is 9.33. The Morgan fingerprint density at radius 3 is 2.52 bits per heavy atom. The standard InChI is InChI=1S/C21H22BrNO3S/c1-26-21(25)19-16-6-4-2-3-5-7-17(16)27-20(19)23-18(24)13-10-14-8-11-15(22)12-9-14/h8-13H,2-7H2,1H3,(H,23,24)/b13-10+. The minimum absolute atomic E-state index is 0.253. The highest BCUT2D eigenvalue weighted by Crippen LogP contribution is 2.37. The maximum atomic E-state index is 12.4. The van der Waals surface area contributed by atoms with E-state index in [0.717, 1.165) is 41.3 Å². The van der Waals surface area contributed by atoms with Gasteiger partial charge in [-0.2, -0.15) is 0 Å². The lowest BCUT2D eigenvalue weighted by Crippen LogP contribution is -2.12. The van der Waals surface area contributed by atoms with Gasteiger partial charge >= 0.3 is 5.97 Å². The molecule has 0 bridgehead atoms. The molecule has 142 valence electrons. The molecule has 27 heavy (non-hydrogen) atoms. The number of carbonyl (C=O) groups is 2. The Hall–Kier alpha value is -1.92. The van der Waals surface area contributed by atoms with Crippen LogP contribution in [0.15, 0.2) is 34.8 Å². The molecule has 0 fully saturated rings. The van der Waals surface area contributed by atoms with Crippen molar-refractivity contribution in [3.63, 3.8) is 0 Å². The molecule has 1 N–H and O–H groups in total. The zero-order valence-electron chi connectivity index (χ0n) is 15.2. The van der Waals surface area contributed by atoms with E-state index in [9.17, 15) is 9.59 Å². The molecule has 1 heterocycles. The average molecular weight is 448 g/mol. The molecular formula is C21H22BrNO3S. The normalized spacial score (nSPS) is 14.3. The van der Waals surface area contributed by atoms with Gasteiger partial charge < -0.3 is 10.1 Å². The molecule has 0 aliphatic heterocycles. The number of anilines is 1. The Bertz CT molecular complexity index is 855. The number of fused-ring (bicyclic) bond motifs is 1. The van der Waals surface area contributed by atoms with Crippen LogP contribution < -0.4 is 5.32 Å². The fraction of sp³-hybridized carbons (Fsp3) is 0.333. The van der Waals surface area contributed by atoms with Crippen LogP contribution in [-0.4, -0.2) is 19.0 Å². The molecule has 0 unspecified atom stereocenters. The van der Waals surface area contributed by atoms with E-state index in [-0.39, 0.29) is 11.9 Å². The van der Waals surface area contributed by atoms with Gasteiger partial charge in [-0.3, -0.25) is 4.79 Å². The largest absolute Gasteiger partial charge is 0.465 e. The molecule has 0 radical (unpaired) electrons. The lowest BCUT2D eigenvalue weighted by atomic mass is 9.96. The van der Waals surface area contributed by atoms with Crippen molar-refractivity contribution >= 4 is 50.2 Å². The fourth-order valence-corrected chi connectivity index (χ4v) is 4.77. The Morgan fingerprint density at radius 2 is 1.81 bits per heavy atom. The number of hydrogen-bond donors (Lipinski definition) is 1. The van der Waals surface area contributed by atoms with Crippen molar-refractivity contribution in [1.29, 1.82) is 0 Å². The molecule has 6 heteroatoms. The van der Waals surface area contributed by atoms with Gasteiger partial charge in [-0.25, -0.2) is 4.79 Å². The first-order valence-corrected chi connectivity index (χ1v) is 10.7. The van der Waals surface area contributed by atoms with E-state index in [1.807, 2.05) is 24.3 Å². The van der Waals surface area contributed by atoms with Crippen molar-refractivity contribution in [2.45, 2.75) is 38.5 Å². The third-order valence-electron chi connectivity index (χ3n) is 4.59. The number of nitrogens with one attached hydrogen (secondary N) is 1. The molecule has 0 spiro atoms. The van der Waals surface area contributed by atoms with E-state index in [0.29, 0.717) is 10.6 Å². The molecule has 1 aliphatic rings. The lowest BCUT2D eigenvalue weighted by molar-refractivity contribution is -0.111. The van der Waals surface area contributed by atoms with E-state index in [2.05, 4.69) is 21.2 Å². The molecule has 0 saturated heterocycles. The van der Waals surface area contributed by atoms with Crippen LogP contribution in [0.2, 0.25) is 0 Å². The summed E-state index contributed by atoms with van der Waals surface area (Å²) in [6.45, 7) is 0. The van der Waals surface area contributed by atoms with Crippen molar-refractivity contribution in [2.75, 3.05) is 12.4 Å². The Labute approximate surface area is 171 Å². The predicted molar refractivity (Wildman–Crippen MR) is 113 cm³/mol. The van der Waals surface area contributed by atoms with Crippen LogP contribution in [0.1, 0.15) is 52.0 Å². The zero-order chi connectivity index (χ0) is 19.2. The third kappa shape index (κ3) is 5.08. The van der Waals surface area contributed by atoms with E-state index in [1.165, 1.54) is 42.2 Å². The monoisotopic (exact) mass is 447 g/mol. The van der Waals surface area contributed by atoms with Gasteiger partial charge in [0.25, 0.3) is 0 Å². The van der Waals surface area contributed by atoms with Gasteiger partial charge in [-0.1, -0.05) is 40.9 Å². The van der Waals surface area contributed by atoms with E-state index in [4.69, 9.17) is 4.74 Å². The Balaban J connectivity index is 1.82. The number of hydrogen-bond acceptors (Lipinski definition) is 4. The van der Waals surface area contributed by atoms with Crippen LogP contribution in [0, 0.1) is 0 Å². The van der Waals surface area contributed by atoms with E-state index >= 15 is 0 Å². The maximum absolute atomic E-state index is 12.4. The van der Waals surface area contributed by atoms with Crippen molar-refractivity contribution in [3.05, 3.63) is 56.4 Å². The summed E-state index contributed by atoms with van der Waals surface area (Å²) in [5.41, 5.74) is 2.52. The molecule has 1 amide bonds. The van der Waals surface area contributed by atoms with Crippen LogP contribution in [0.4, 0.5) is 5.00 Å². The number of aryl methyl sites for hydroxylation is 1. The number of rotatable bonds is 4. The van der Waals surface area contributed by atoms with Crippen molar-refractivity contribution in [3.8, 4) is 0 Å². The summed E-state index contributed by atoms with van der Waals surface area (Å²) < 4.78 is 5.98. The maximum Gasteiger partial charge on any atom is 0.341 e. The summed E-state index contributed by atoms with van der Waals surface area (Å²) in [5, 5.41) is 3.48. The van der Waals surface area contributed by atoms with Crippen molar-refractivity contribution < 1.29 is 14.3 Å². The molecule has 2 aromatic rings. The highest BCUT2D eigenvalue weighted by molar-refractivity contribution is 9.10. The molecule has 0 saturated carbocycles. The van der Waals surface area contributed by atoms with Gasteiger partial charge in [0.15, 0.2) is 0 Å². The smallest absolute Gasteiger partial charge is 0.341 e. The number of esters is 1. The van der Waals surface area contributed by atoms with Gasteiger partial charge in [-0.15, -0.1) is 11.3 Å². The summed E-state index contributed by atoms with van der Waals surface area (Å²) in [5.74, 6) is -0.627. The predicted octanol–water partition coefficient (Wildman–Crippen LogP) is 5.61. The minimum Gasteiger partial charge on any atom is -0.465 e. The first-order chi connectivity index (χ1) is 13.1. The topological polar surface area (TPSA) is 55.4 Å². The second-order valence-corrected chi connectivity index (χ2v) is 8.51. The van der Waals surface area contributed by atoms with Crippen molar-refractivity contribution in [1.82, 2.24) is 0 Å². The second-order valence-electron chi connectivity index (χ2n) is 6.49. The quantitative estimate of drug-likeness (QED) is 0.489. The molecule has 4 nitrogen and oxygen atoms in total. The highest BCUT2D eigenvalue weighted by Gasteiger charge is 2.25. The van der Waals surface area contributed by atoms with E-state index in [1.54, 1.807) is 6.08 Å². The van der Waals surface area contributed by atoms with E-state index < -0.39 is 0 Å². The number of amides is 1. The number of halogens is 1. The SMILES string of the molecule is COC(=O)c1c(NC(=O)/C=C/c2ccc(Br)cc2)sc2c1CCCCCC2. The highest BCUT2D eigenvalue weighted by atomic mass is 79.9. The number of ether oxygens (including phenoxy) is 1. The van der Waals surface area contributed by atoms with Crippen LogP contribution in [0.25, 0.3) is 6.08 Å². The molecule has 3 rings (SSSR count). The fourth-order valence-electron chi connectivity index (χ4n) is 3.22. The minimum atomic E-state index is -0.375. The van der Waals surface area contributed by atoms with Crippen LogP contribution in [0.3, 0.4) is 0 Å². The Morgan fingerprint density at radius 1 is 1.11 bits per heavy atom. The van der Waals surface area contributed by atoms with Gasteiger partial charge in [0.1, 0.15) is 5.00 Å². The number of methoxy groups -OCH3 is 1. The molecule has 0 atom stereocenters. The van der Waals surface area contributed by atoms with Crippen molar-refractivity contribution in [2.24, 2.45) is 0 Å². The van der Waals surface area contributed by atoms with Crippen LogP contribution in [0.5, 0.6) is 0 Å². The van der Waals surface area contributed by atoms with Gasteiger partial charge in [0.05, 0.1) is 12.7 Å². The first-order valence-electron chi connectivity index (χ1n) is 9.06. The number of carbonyl (C=O) groups excluding carboxylic acids is 2. The summed E-state index contributed by atoms with van der Waals surface area (Å²) in [6, 6.07) is 7.69. The van der Waals surface area contributed by atoms with Gasteiger partial charge in [-0.05, 0) is 55.0 Å². The average Bonchev–Trinajstić information content (AvgIpc) is 2.96. The van der Waals surface area contributed by atoms with Gasteiger partial charge in [0.2, 0.25) is 5.91 Å². The number of benzene rings is 1. The molecule has 1 aromatic heterocycles. The van der Waals surface area contributed by atoms with Gasteiger partial charge in [0, 0.05) is 15.4 Å². The Kier molecular flexibility index (Phi) is 6.85. The zero-order valence-corrected chi connectivity index (χ0v) is 17.6. The summed E-state index contributed by atoms with van der Waals surface area (Å²) in [7, 11) is 1.38. The van der Waals surface area contributed by atoms with Crippen LogP contribution in [-0.2, 0) is 22.4 Å². The molecule has 1 aliphatic carbocycles. The third-order valence-corrected chi connectivity index (χ3v) is 6.33. The first kappa shape index (κ1) is 19.8. The lowest BCUT2D eigenvalue weighted by Gasteiger charge is -2.10. The summed E-state index contributed by atoms with van der Waals surface area (Å²) in [4.78, 5) is 26.0. The number of thiophene rings is 1. The molecule has 1 aromatic carbocycles. The summed E-state index contributed by atoms with van der Waals surface area (Å²) >= 11 is 4.90. The van der Waals surface area contributed by atoms with Crippen LogP contribution >= 0.6 is 27.3 Å². The molecular weight excluding hydrogens is 426 g/mol.